The second-order valence-corrected chi connectivity index (χ2v) is 10.7. The van der Waals surface area contributed by atoms with Crippen LogP contribution in [0.15, 0.2) is 164 Å². The first kappa shape index (κ1) is 24.3. The maximum absolute atomic E-state index is 5.09. The Morgan fingerprint density at radius 1 is 0.310 bits per heavy atom. The SMILES string of the molecule is c1ccc(-c2ccnc(-c3ccccc3-c3cccc4c5ccccc5c5ccccc5c34)c2-c2ccccc2)cc1. The van der Waals surface area contributed by atoms with Crippen LogP contribution in [0.1, 0.15) is 0 Å². The van der Waals surface area contributed by atoms with Gasteiger partial charge in [0.25, 0.3) is 0 Å². The van der Waals surface area contributed by atoms with E-state index >= 15 is 0 Å². The van der Waals surface area contributed by atoms with Crippen molar-refractivity contribution in [1.82, 2.24) is 4.98 Å². The van der Waals surface area contributed by atoms with Crippen LogP contribution < -0.4 is 0 Å². The summed E-state index contributed by atoms with van der Waals surface area (Å²) in [5.41, 5.74) is 9.17. The van der Waals surface area contributed by atoms with Crippen LogP contribution in [0.25, 0.3) is 77.0 Å². The first-order chi connectivity index (χ1) is 20.9. The molecule has 0 aliphatic rings. The molecule has 0 amide bonds. The van der Waals surface area contributed by atoms with E-state index in [1.54, 1.807) is 0 Å². The summed E-state index contributed by atoms with van der Waals surface area (Å²) in [6.45, 7) is 0. The summed E-state index contributed by atoms with van der Waals surface area (Å²) in [7, 11) is 0. The fourth-order valence-corrected chi connectivity index (χ4v) is 6.53. The molecule has 0 saturated carbocycles. The van der Waals surface area contributed by atoms with E-state index in [1.165, 1.54) is 54.6 Å². The summed E-state index contributed by atoms with van der Waals surface area (Å²) in [6, 6.07) is 56.5. The number of hydrogen-bond acceptors (Lipinski definition) is 1. The van der Waals surface area contributed by atoms with Gasteiger partial charge in [0, 0.05) is 17.3 Å². The summed E-state index contributed by atoms with van der Waals surface area (Å²) in [6.07, 6.45) is 1.95. The zero-order valence-electron chi connectivity index (χ0n) is 23.0. The van der Waals surface area contributed by atoms with Crippen molar-refractivity contribution in [2.75, 3.05) is 0 Å². The molecule has 0 aliphatic carbocycles. The highest BCUT2D eigenvalue weighted by molar-refractivity contribution is 6.28. The number of aromatic nitrogens is 1. The van der Waals surface area contributed by atoms with Crippen LogP contribution in [0.4, 0.5) is 0 Å². The molecular formula is C41H27N. The van der Waals surface area contributed by atoms with Gasteiger partial charge in [-0.25, -0.2) is 0 Å². The monoisotopic (exact) mass is 533 g/mol. The molecule has 0 bridgehead atoms. The lowest BCUT2D eigenvalue weighted by Gasteiger charge is -2.19. The Morgan fingerprint density at radius 3 is 1.45 bits per heavy atom. The van der Waals surface area contributed by atoms with E-state index in [-0.39, 0.29) is 0 Å². The molecule has 0 spiro atoms. The molecule has 0 radical (unpaired) electrons. The summed E-state index contributed by atoms with van der Waals surface area (Å²) in [5, 5.41) is 7.66. The summed E-state index contributed by atoms with van der Waals surface area (Å²) in [5.74, 6) is 0. The third-order valence-corrected chi connectivity index (χ3v) is 8.34. The molecule has 0 saturated heterocycles. The second kappa shape index (κ2) is 10.1. The van der Waals surface area contributed by atoms with Crippen molar-refractivity contribution in [3.8, 4) is 44.6 Å². The van der Waals surface area contributed by atoms with Crippen LogP contribution in [-0.4, -0.2) is 4.98 Å². The Hall–Kier alpha value is -5.53. The maximum Gasteiger partial charge on any atom is 0.0792 e. The first-order valence-electron chi connectivity index (χ1n) is 14.4. The van der Waals surface area contributed by atoms with E-state index in [1.807, 2.05) is 6.20 Å². The highest BCUT2D eigenvalue weighted by atomic mass is 14.7. The quantitative estimate of drug-likeness (QED) is 0.205. The number of rotatable bonds is 4. The molecule has 0 N–H and O–H groups in total. The highest BCUT2D eigenvalue weighted by Crippen LogP contribution is 2.45. The molecule has 1 nitrogen and oxygen atoms in total. The third-order valence-electron chi connectivity index (χ3n) is 8.34. The van der Waals surface area contributed by atoms with Crippen molar-refractivity contribution in [2.24, 2.45) is 0 Å². The molecule has 1 heteroatoms. The predicted octanol–water partition coefficient (Wildman–Crippen LogP) is 11.2. The number of benzene rings is 7. The van der Waals surface area contributed by atoms with Crippen molar-refractivity contribution in [3.05, 3.63) is 164 Å². The number of fused-ring (bicyclic) bond motifs is 6. The van der Waals surface area contributed by atoms with Gasteiger partial charge in [-0.3, -0.25) is 4.98 Å². The van der Waals surface area contributed by atoms with Crippen LogP contribution in [0, 0.1) is 0 Å². The van der Waals surface area contributed by atoms with Crippen molar-refractivity contribution in [2.45, 2.75) is 0 Å². The predicted molar refractivity (Wildman–Crippen MR) is 178 cm³/mol. The molecule has 0 aliphatic heterocycles. The average Bonchev–Trinajstić information content (AvgIpc) is 3.08. The molecular weight excluding hydrogens is 506 g/mol. The van der Waals surface area contributed by atoms with E-state index in [4.69, 9.17) is 4.98 Å². The van der Waals surface area contributed by atoms with Crippen LogP contribution in [0.3, 0.4) is 0 Å². The molecule has 0 unspecified atom stereocenters. The van der Waals surface area contributed by atoms with Crippen molar-refractivity contribution < 1.29 is 0 Å². The van der Waals surface area contributed by atoms with Gasteiger partial charge in [0.15, 0.2) is 0 Å². The minimum absolute atomic E-state index is 0.986. The van der Waals surface area contributed by atoms with Gasteiger partial charge in [0.1, 0.15) is 0 Å². The van der Waals surface area contributed by atoms with Gasteiger partial charge < -0.3 is 0 Å². The lowest BCUT2D eigenvalue weighted by atomic mass is 9.85. The highest BCUT2D eigenvalue weighted by Gasteiger charge is 2.20. The van der Waals surface area contributed by atoms with E-state index in [0.717, 1.165) is 22.4 Å². The topological polar surface area (TPSA) is 12.9 Å². The maximum atomic E-state index is 5.09. The molecule has 7 aromatic carbocycles. The molecule has 42 heavy (non-hydrogen) atoms. The normalized spacial score (nSPS) is 11.3. The summed E-state index contributed by atoms with van der Waals surface area (Å²) < 4.78 is 0. The van der Waals surface area contributed by atoms with E-state index in [2.05, 4.69) is 158 Å². The third kappa shape index (κ3) is 3.90. The Kier molecular flexibility index (Phi) is 5.86. The second-order valence-electron chi connectivity index (χ2n) is 10.7. The van der Waals surface area contributed by atoms with Gasteiger partial charge in [-0.2, -0.15) is 0 Å². The molecule has 196 valence electrons. The minimum atomic E-state index is 0.986. The zero-order chi connectivity index (χ0) is 27.9. The van der Waals surface area contributed by atoms with Crippen molar-refractivity contribution in [1.29, 1.82) is 0 Å². The van der Waals surface area contributed by atoms with Crippen molar-refractivity contribution >= 4 is 32.3 Å². The Bertz CT molecular complexity index is 2190. The van der Waals surface area contributed by atoms with Gasteiger partial charge in [-0.1, -0.05) is 152 Å². The molecule has 0 fully saturated rings. The number of pyridine rings is 1. The molecule has 0 atom stereocenters. The van der Waals surface area contributed by atoms with E-state index < -0.39 is 0 Å². The Labute approximate surface area is 245 Å². The van der Waals surface area contributed by atoms with Crippen LogP contribution >= 0.6 is 0 Å². The lowest BCUT2D eigenvalue weighted by molar-refractivity contribution is 1.32. The Morgan fingerprint density at radius 2 is 0.786 bits per heavy atom. The van der Waals surface area contributed by atoms with Gasteiger partial charge >= 0.3 is 0 Å². The fourth-order valence-electron chi connectivity index (χ4n) is 6.53. The van der Waals surface area contributed by atoms with E-state index in [0.29, 0.717) is 0 Å². The average molecular weight is 534 g/mol. The van der Waals surface area contributed by atoms with Crippen LogP contribution in [0.5, 0.6) is 0 Å². The lowest BCUT2D eigenvalue weighted by Crippen LogP contribution is -1.96. The number of hydrogen-bond donors (Lipinski definition) is 0. The van der Waals surface area contributed by atoms with Crippen LogP contribution in [-0.2, 0) is 0 Å². The Balaban J connectivity index is 1.47. The number of nitrogens with zero attached hydrogens (tertiary/aromatic N) is 1. The standard InChI is InChI=1S/C41H27N/c1-3-14-28(15-4-1)30-26-27-42-41(39(30)29-16-5-2-6-17-29)38-23-12-10-21-34(38)37-25-13-24-36-33-19-8-7-18-31(33)32-20-9-11-22-35(32)40(36)37/h1-27H. The minimum Gasteiger partial charge on any atom is -0.256 e. The molecule has 8 aromatic rings. The fraction of sp³-hybridized carbons (Fsp3) is 0. The van der Waals surface area contributed by atoms with Gasteiger partial charge in [-0.15, -0.1) is 0 Å². The zero-order valence-corrected chi connectivity index (χ0v) is 23.0. The molecule has 8 rings (SSSR count). The van der Waals surface area contributed by atoms with E-state index in [9.17, 15) is 0 Å². The van der Waals surface area contributed by atoms with Crippen LogP contribution in [0.2, 0.25) is 0 Å². The van der Waals surface area contributed by atoms with Crippen molar-refractivity contribution in [3.63, 3.8) is 0 Å². The summed E-state index contributed by atoms with van der Waals surface area (Å²) >= 11 is 0. The molecule has 1 heterocycles. The van der Waals surface area contributed by atoms with Gasteiger partial charge in [0.2, 0.25) is 0 Å². The largest absolute Gasteiger partial charge is 0.256 e. The van der Waals surface area contributed by atoms with Gasteiger partial charge in [-0.05, 0) is 66.2 Å². The summed E-state index contributed by atoms with van der Waals surface area (Å²) in [4.78, 5) is 5.09. The smallest absolute Gasteiger partial charge is 0.0792 e. The first-order valence-corrected chi connectivity index (χ1v) is 14.4. The molecule has 1 aromatic heterocycles. The van der Waals surface area contributed by atoms with Gasteiger partial charge in [0.05, 0.1) is 5.69 Å².